The van der Waals surface area contributed by atoms with Gasteiger partial charge in [-0.05, 0) is 37.6 Å². The van der Waals surface area contributed by atoms with Gasteiger partial charge in [0.05, 0.1) is 29.8 Å². The number of carbonyl (C=O) groups is 2. The van der Waals surface area contributed by atoms with E-state index < -0.39 is 35.4 Å². The summed E-state index contributed by atoms with van der Waals surface area (Å²) >= 11 is 5.72. The lowest BCUT2D eigenvalue weighted by molar-refractivity contribution is -0.144. The first-order valence-electron chi connectivity index (χ1n) is 11.5. The van der Waals surface area contributed by atoms with Crippen LogP contribution in [0.3, 0.4) is 0 Å². The summed E-state index contributed by atoms with van der Waals surface area (Å²) in [5.74, 6) is -1.11. The molecule has 1 N–H and O–H groups in total. The van der Waals surface area contributed by atoms with E-state index in [9.17, 15) is 23.2 Å². The van der Waals surface area contributed by atoms with Crippen molar-refractivity contribution in [3.8, 4) is 0 Å². The molecule has 1 fully saturated rings. The molecule has 37 heavy (non-hydrogen) atoms. The summed E-state index contributed by atoms with van der Waals surface area (Å²) in [6, 6.07) is 5.55. The molecule has 0 radical (unpaired) electrons. The molecule has 0 bridgehead atoms. The second kappa shape index (κ2) is 8.91. The van der Waals surface area contributed by atoms with E-state index in [2.05, 4.69) is 15.3 Å². The fourth-order valence-electron chi connectivity index (χ4n) is 4.54. The van der Waals surface area contributed by atoms with Crippen LogP contribution in [-0.2, 0) is 24.9 Å². The summed E-state index contributed by atoms with van der Waals surface area (Å²) in [6.07, 6.45) is 1.50. The minimum atomic E-state index is -1.47. The van der Waals surface area contributed by atoms with Gasteiger partial charge in [-0.15, -0.1) is 0 Å². The van der Waals surface area contributed by atoms with Crippen molar-refractivity contribution in [2.75, 3.05) is 13.1 Å². The van der Waals surface area contributed by atoms with Crippen LogP contribution in [0.5, 0.6) is 0 Å². The van der Waals surface area contributed by atoms with Crippen molar-refractivity contribution < 1.29 is 18.4 Å². The lowest BCUT2D eigenvalue weighted by atomic mass is 9.99. The first-order chi connectivity index (χ1) is 17.4. The zero-order chi connectivity index (χ0) is 26.6. The first kappa shape index (κ1) is 24.8. The summed E-state index contributed by atoms with van der Waals surface area (Å²) in [4.78, 5) is 49.6. The quantitative estimate of drug-likeness (QED) is 0.429. The Hall–Kier alpha value is -3.86. The Bertz CT molecular complexity index is 1650. The third kappa shape index (κ3) is 4.43. The number of halogens is 3. The van der Waals surface area contributed by atoms with Crippen LogP contribution < -0.4 is 10.9 Å². The molecule has 2 amide bonds. The molecule has 4 heterocycles. The van der Waals surface area contributed by atoms with Gasteiger partial charge in [0, 0.05) is 19.0 Å². The number of benzene rings is 1. The summed E-state index contributed by atoms with van der Waals surface area (Å²) in [5, 5.41) is 3.03. The van der Waals surface area contributed by atoms with E-state index in [4.69, 9.17) is 11.6 Å². The molecule has 1 saturated heterocycles. The summed E-state index contributed by atoms with van der Waals surface area (Å²) in [7, 11) is 1.79. The average Bonchev–Trinajstić information content (AvgIpc) is 3.13. The van der Waals surface area contributed by atoms with Gasteiger partial charge in [-0.2, -0.15) is 0 Å². The smallest absolute Gasteiger partial charge is 0.265 e. The Balaban J connectivity index is 1.57. The predicted molar refractivity (Wildman–Crippen MR) is 134 cm³/mol. The lowest BCUT2D eigenvalue weighted by Gasteiger charge is -2.42. The van der Waals surface area contributed by atoms with Gasteiger partial charge in [0.15, 0.2) is 0 Å². The first-order valence-corrected chi connectivity index (χ1v) is 11.9. The molecule has 1 aromatic carbocycles. The van der Waals surface area contributed by atoms with Crippen LogP contribution in [0, 0.1) is 12.7 Å². The maximum absolute atomic E-state index is 14.0. The number of likely N-dealkylation sites (tertiary alicyclic amines) is 1. The van der Waals surface area contributed by atoms with Gasteiger partial charge in [0.2, 0.25) is 5.91 Å². The second-order valence-electron chi connectivity index (χ2n) is 9.49. The highest BCUT2D eigenvalue weighted by Crippen LogP contribution is 2.26. The number of imidazole rings is 1. The Morgan fingerprint density at radius 3 is 2.65 bits per heavy atom. The summed E-state index contributed by atoms with van der Waals surface area (Å²) in [6.45, 7) is 2.59. The van der Waals surface area contributed by atoms with E-state index in [0.717, 1.165) is 4.57 Å². The minimum Gasteiger partial charge on any atom is -0.348 e. The highest BCUT2D eigenvalue weighted by Gasteiger charge is 2.41. The fourth-order valence-corrected chi connectivity index (χ4v) is 4.65. The minimum absolute atomic E-state index is 0.0459. The molecule has 9 nitrogen and oxygen atoms in total. The van der Waals surface area contributed by atoms with Crippen molar-refractivity contribution >= 4 is 45.5 Å². The summed E-state index contributed by atoms with van der Waals surface area (Å²) < 4.78 is 30.7. The van der Waals surface area contributed by atoms with Gasteiger partial charge < -0.3 is 14.8 Å². The summed E-state index contributed by atoms with van der Waals surface area (Å²) in [5.41, 5.74) is -0.571. The van der Waals surface area contributed by atoms with E-state index in [0.29, 0.717) is 27.8 Å². The topological polar surface area (TPSA) is 102 Å². The van der Waals surface area contributed by atoms with Crippen LogP contribution in [0.15, 0.2) is 35.3 Å². The molecule has 12 heteroatoms. The van der Waals surface area contributed by atoms with Crippen LogP contribution in [-0.4, -0.2) is 54.6 Å². The molecule has 5 rings (SSSR count). The van der Waals surface area contributed by atoms with Crippen molar-refractivity contribution in [2.24, 2.45) is 7.05 Å². The van der Waals surface area contributed by atoms with Crippen molar-refractivity contribution in [3.05, 3.63) is 68.6 Å². The normalized spacial score (nSPS) is 14.7. The van der Waals surface area contributed by atoms with E-state index in [-0.39, 0.29) is 35.9 Å². The van der Waals surface area contributed by atoms with Crippen LogP contribution in [0.25, 0.3) is 22.1 Å². The number of pyridine rings is 2. The van der Waals surface area contributed by atoms with Gasteiger partial charge in [0.1, 0.15) is 40.6 Å². The van der Waals surface area contributed by atoms with Gasteiger partial charge in [-0.25, -0.2) is 18.7 Å². The zero-order valence-corrected chi connectivity index (χ0v) is 21.1. The number of nitrogens with zero attached hydrogens (tertiary/aromatic N) is 5. The molecule has 0 atom stereocenters. The van der Waals surface area contributed by atoms with Crippen LogP contribution in [0.1, 0.15) is 28.7 Å². The molecule has 1 aliphatic heterocycles. The number of hydrogen-bond acceptors (Lipinski definition) is 5. The number of hydrogen-bond donors (Lipinski definition) is 1. The van der Waals surface area contributed by atoms with Gasteiger partial charge in [0.25, 0.3) is 11.5 Å². The van der Waals surface area contributed by atoms with Crippen molar-refractivity contribution in [1.82, 2.24) is 29.3 Å². The molecule has 0 aliphatic carbocycles. The van der Waals surface area contributed by atoms with Crippen molar-refractivity contribution in [2.45, 2.75) is 32.6 Å². The molecule has 0 saturated carbocycles. The van der Waals surface area contributed by atoms with Crippen LogP contribution >= 0.6 is 11.6 Å². The highest BCUT2D eigenvalue weighted by atomic mass is 35.5. The third-order valence-corrected chi connectivity index (χ3v) is 6.85. The van der Waals surface area contributed by atoms with Gasteiger partial charge >= 0.3 is 0 Å². The van der Waals surface area contributed by atoms with Crippen LogP contribution in [0.4, 0.5) is 8.78 Å². The third-order valence-electron chi connectivity index (χ3n) is 6.54. The number of nitrogens with one attached hydrogen (secondary N) is 1. The Kier molecular flexibility index (Phi) is 5.98. The number of fused-ring (bicyclic) bond motifs is 3. The zero-order valence-electron chi connectivity index (χ0n) is 20.3. The van der Waals surface area contributed by atoms with E-state index >= 15 is 0 Å². The Labute approximate surface area is 214 Å². The number of aromatic nitrogens is 4. The molecular weight excluding hydrogens is 506 g/mol. The van der Waals surface area contributed by atoms with E-state index in [1.807, 2.05) is 6.92 Å². The average molecular weight is 529 g/mol. The Morgan fingerprint density at radius 1 is 1.24 bits per heavy atom. The van der Waals surface area contributed by atoms with Crippen molar-refractivity contribution in [3.63, 3.8) is 0 Å². The highest BCUT2D eigenvalue weighted by molar-refractivity contribution is 6.30. The van der Waals surface area contributed by atoms with Crippen molar-refractivity contribution in [1.29, 1.82) is 0 Å². The molecule has 0 unspecified atom stereocenters. The monoisotopic (exact) mass is 528 g/mol. The largest absolute Gasteiger partial charge is 0.348 e. The maximum atomic E-state index is 14.0. The number of alkyl halides is 1. The molecule has 192 valence electrons. The number of rotatable bonds is 5. The lowest BCUT2D eigenvalue weighted by Crippen LogP contribution is -2.60. The van der Waals surface area contributed by atoms with Gasteiger partial charge in [-0.3, -0.25) is 19.0 Å². The Morgan fingerprint density at radius 2 is 1.97 bits per heavy atom. The van der Waals surface area contributed by atoms with E-state index in [1.165, 1.54) is 36.2 Å². The van der Waals surface area contributed by atoms with E-state index in [1.54, 1.807) is 17.7 Å². The molecular formula is C25H23ClF2N6O3. The predicted octanol–water partition coefficient (Wildman–Crippen LogP) is 2.88. The molecule has 4 aromatic rings. The fraction of sp³-hybridized carbons (Fsp3) is 0.320. The van der Waals surface area contributed by atoms with Gasteiger partial charge in [-0.1, -0.05) is 17.7 Å². The SMILES string of the molecule is Cc1nc2cnc3c(cc(C(=O)NCc4ccc(Cl)c(F)c4)c(=O)n3CC(=O)N3CC(C)(F)C3)c2n1C. The standard InChI is InChI=1S/C25H23ClF2N6O3/c1-13-31-19-9-29-22-15(21(19)32(13)3)7-16(23(36)30-8-14-4-5-17(26)18(27)6-14)24(37)34(22)10-20(35)33-11-25(2,28)12-33/h4-7,9H,8,10-12H2,1-3H3,(H,30,36). The van der Waals surface area contributed by atoms with Crippen LogP contribution in [0.2, 0.25) is 5.02 Å². The maximum Gasteiger partial charge on any atom is 0.265 e. The number of carbonyl (C=O) groups excluding carboxylic acids is 2. The molecule has 0 spiro atoms. The number of aryl methyl sites for hydroxylation is 2. The number of amides is 2. The second-order valence-corrected chi connectivity index (χ2v) is 9.90. The molecule has 3 aromatic heterocycles. The molecule has 1 aliphatic rings.